The average molecular weight is 396 g/mol. The van der Waals surface area contributed by atoms with E-state index in [0.717, 1.165) is 22.4 Å². The molecule has 1 amide bonds. The van der Waals surface area contributed by atoms with Crippen LogP contribution in [0.2, 0.25) is 0 Å². The number of para-hydroxylation sites is 2. The number of ether oxygens (including phenoxy) is 1. The van der Waals surface area contributed by atoms with Crippen LogP contribution in [0.1, 0.15) is 5.56 Å². The number of hydrogen-bond donors (Lipinski definition) is 1. The minimum atomic E-state index is -0.343. The number of rotatable bonds is 7. The van der Waals surface area contributed by atoms with Crippen LogP contribution in [0.15, 0.2) is 102 Å². The topological polar surface area (TPSA) is 68.5 Å². The number of benzene rings is 3. The molecule has 6 heteroatoms. The van der Waals surface area contributed by atoms with Crippen LogP contribution in [0.5, 0.6) is 5.75 Å². The van der Waals surface area contributed by atoms with Gasteiger partial charge in [0.15, 0.2) is 6.61 Å². The molecule has 148 valence electrons. The van der Waals surface area contributed by atoms with E-state index < -0.39 is 0 Å². The SMILES string of the molecule is O=C(COc1ccccc1-c1ccccc1)N/N=C\c1cnn(-c2ccccc2)c1. The summed E-state index contributed by atoms with van der Waals surface area (Å²) >= 11 is 0. The largest absolute Gasteiger partial charge is 0.483 e. The second-order valence-electron chi connectivity index (χ2n) is 6.50. The summed E-state index contributed by atoms with van der Waals surface area (Å²) in [6, 6.07) is 27.3. The van der Waals surface area contributed by atoms with Crippen molar-refractivity contribution >= 4 is 12.1 Å². The highest BCUT2D eigenvalue weighted by molar-refractivity contribution is 5.82. The molecule has 0 spiro atoms. The first-order valence-electron chi connectivity index (χ1n) is 9.49. The fourth-order valence-corrected chi connectivity index (χ4v) is 2.93. The molecule has 3 aromatic carbocycles. The Hall–Kier alpha value is -4.19. The summed E-state index contributed by atoms with van der Waals surface area (Å²) in [6.07, 6.45) is 5.05. The number of nitrogens with zero attached hydrogens (tertiary/aromatic N) is 3. The first kappa shape index (κ1) is 19.1. The molecular formula is C24H20N4O2. The second kappa shape index (κ2) is 9.34. The third kappa shape index (κ3) is 4.80. The van der Waals surface area contributed by atoms with Gasteiger partial charge in [-0.05, 0) is 23.8 Å². The Balaban J connectivity index is 1.33. The summed E-state index contributed by atoms with van der Waals surface area (Å²) in [5.41, 5.74) is 6.16. The molecule has 6 nitrogen and oxygen atoms in total. The fourth-order valence-electron chi connectivity index (χ4n) is 2.93. The van der Waals surface area contributed by atoms with E-state index >= 15 is 0 Å². The highest BCUT2D eigenvalue weighted by Gasteiger charge is 2.08. The van der Waals surface area contributed by atoms with E-state index in [9.17, 15) is 4.79 Å². The molecule has 0 atom stereocenters. The van der Waals surface area contributed by atoms with Crippen LogP contribution < -0.4 is 10.2 Å². The minimum absolute atomic E-state index is 0.134. The third-order valence-electron chi connectivity index (χ3n) is 4.36. The van der Waals surface area contributed by atoms with Gasteiger partial charge in [0.1, 0.15) is 5.75 Å². The molecule has 1 heterocycles. The van der Waals surface area contributed by atoms with Crippen molar-refractivity contribution in [1.82, 2.24) is 15.2 Å². The molecule has 30 heavy (non-hydrogen) atoms. The Morgan fingerprint density at radius 3 is 2.47 bits per heavy atom. The van der Waals surface area contributed by atoms with E-state index in [4.69, 9.17) is 4.74 Å². The molecule has 0 radical (unpaired) electrons. The maximum absolute atomic E-state index is 12.1. The van der Waals surface area contributed by atoms with Crippen LogP contribution in [0.25, 0.3) is 16.8 Å². The van der Waals surface area contributed by atoms with Crippen molar-refractivity contribution in [3.63, 3.8) is 0 Å². The molecule has 0 fully saturated rings. The van der Waals surface area contributed by atoms with E-state index in [2.05, 4.69) is 15.6 Å². The Kier molecular flexibility index (Phi) is 5.96. The lowest BCUT2D eigenvalue weighted by Gasteiger charge is -2.10. The van der Waals surface area contributed by atoms with Crippen LogP contribution in [0.4, 0.5) is 0 Å². The summed E-state index contributed by atoms with van der Waals surface area (Å²) < 4.78 is 7.46. The predicted octanol–water partition coefficient (Wildman–Crippen LogP) is 4.07. The van der Waals surface area contributed by atoms with Gasteiger partial charge < -0.3 is 4.74 Å². The van der Waals surface area contributed by atoms with E-state index in [1.165, 1.54) is 0 Å². The van der Waals surface area contributed by atoms with Crippen LogP contribution in [-0.2, 0) is 4.79 Å². The highest BCUT2D eigenvalue weighted by Crippen LogP contribution is 2.29. The molecule has 0 aliphatic carbocycles. The molecule has 4 aromatic rings. The van der Waals surface area contributed by atoms with Crippen molar-refractivity contribution in [2.24, 2.45) is 5.10 Å². The molecule has 0 saturated carbocycles. The van der Waals surface area contributed by atoms with Gasteiger partial charge in [0, 0.05) is 17.3 Å². The van der Waals surface area contributed by atoms with Gasteiger partial charge in [-0.2, -0.15) is 10.2 Å². The van der Waals surface area contributed by atoms with Crippen molar-refractivity contribution in [2.45, 2.75) is 0 Å². The second-order valence-corrected chi connectivity index (χ2v) is 6.50. The molecule has 4 rings (SSSR count). The zero-order valence-electron chi connectivity index (χ0n) is 16.2. The van der Waals surface area contributed by atoms with E-state index in [-0.39, 0.29) is 12.5 Å². The van der Waals surface area contributed by atoms with Crippen LogP contribution >= 0.6 is 0 Å². The van der Waals surface area contributed by atoms with Gasteiger partial charge in [-0.15, -0.1) is 0 Å². The molecule has 0 saturated heterocycles. The number of aromatic nitrogens is 2. The molecule has 0 unspecified atom stereocenters. The quantitative estimate of drug-likeness (QED) is 0.378. The number of carbonyl (C=O) groups excluding carboxylic acids is 1. The highest BCUT2D eigenvalue weighted by atomic mass is 16.5. The lowest BCUT2D eigenvalue weighted by molar-refractivity contribution is -0.123. The standard InChI is InChI=1S/C24H20N4O2/c29-24(18-30-23-14-8-7-13-22(23)20-9-3-1-4-10-20)27-25-15-19-16-26-28(17-19)21-11-5-2-6-12-21/h1-17H,18H2,(H,27,29)/b25-15-. The molecule has 0 aliphatic heterocycles. The molecule has 0 bridgehead atoms. The van der Waals surface area contributed by atoms with Crippen LogP contribution in [0.3, 0.4) is 0 Å². The van der Waals surface area contributed by atoms with Gasteiger partial charge in [-0.3, -0.25) is 4.79 Å². The van der Waals surface area contributed by atoms with Gasteiger partial charge in [0.25, 0.3) is 5.91 Å². The predicted molar refractivity (Wildman–Crippen MR) is 117 cm³/mol. The smallest absolute Gasteiger partial charge is 0.277 e. The van der Waals surface area contributed by atoms with E-state index in [0.29, 0.717) is 5.75 Å². The lowest BCUT2D eigenvalue weighted by Crippen LogP contribution is -2.24. The first-order valence-corrected chi connectivity index (χ1v) is 9.49. The number of hydrogen-bond acceptors (Lipinski definition) is 4. The van der Waals surface area contributed by atoms with E-state index in [1.54, 1.807) is 17.1 Å². The number of amides is 1. The Labute approximate surface area is 174 Å². The van der Waals surface area contributed by atoms with Gasteiger partial charge in [-0.25, -0.2) is 10.1 Å². The van der Waals surface area contributed by atoms with Crippen molar-refractivity contribution in [3.8, 4) is 22.6 Å². The van der Waals surface area contributed by atoms with Gasteiger partial charge in [0.05, 0.1) is 18.1 Å². The molecule has 1 aromatic heterocycles. The van der Waals surface area contributed by atoms with Crippen LogP contribution in [-0.4, -0.2) is 28.5 Å². The van der Waals surface area contributed by atoms with Crippen molar-refractivity contribution in [1.29, 1.82) is 0 Å². The van der Waals surface area contributed by atoms with E-state index in [1.807, 2.05) is 91.1 Å². The zero-order valence-corrected chi connectivity index (χ0v) is 16.2. The lowest BCUT2D eigenvalue weighted by atomic mass is 10.1. The Morgan fingerprint density at radius 2 is 1.67 bits per heavy atom. The number of nitrogens with one attached hydrogen (secondary N) is 1. The Bertz CT molecular complexity index is 1140. The maximum Gasteiger partial charge on any atom is 0.277 e. The third-order valence-corrected chi connectivity index (χ3v) is 4.36. The molecule has 1 N–H and O–H groups in total. The average Bonchev–Trinajstić information content (AvgIpc) is 3.28. The van der Waals surface area contributed by atoms with Crippen LogP contribution in [0, 0.1) is 0 Å². The van der Waals surface area contributed by atoms with Crippen molar-refractivity contribution < 1.29 is 9.53 Å². The van der Waals surface area contributed by atoms with Gasteiger partial charge in [0.2, 0.25) is 0 Å². The van der Waals surface area contributed by atoms with Gasteiger partial charge in [-0.1, -0.05) is 66.7 Å². The van der Waals surface area contributed by atoms with Crippen molar-refractivity contribution in [2.75, 3.05) is 6.61 Å². The summed E-state index contributed by atoms with van der Waals surface area (Å²) in [6.45, 7) is -0.134. The number of hydrazone groups is 1. The molecule has 0 aliphatic rings. The normalized spacial score (nSPS) is 10.8. The summed E-state index contributed by atoms with van der Waals surface area (Å²) in [4.78, 5) is 12.1. The minimum Gasteiger partial charge on any atom is -0.483 e. The summed E-state index contributed by atoms with van der Waals surface area (Å²) in [5.74, 6) is 0.302. The van der Waals surface area contributed by atoms with Gasteiger partial charge >= 0.3 is 0 Å². The Morgan fingerprint density at radius 1 is 0.967 bits per heavy atom. The first-order chi connectivity index (χ1) is 14.8. The fraction of sp³-hybridized carbons (Fsp3) is 0.0417. The molecular weight excluding hydrogens is 376 g/mol. The summed E-state index contributed by atoms with van der Waals surface area (Å²) in [7, 11) is 0. The zero-order chi connectivity index (χ0) is 20.6. The number of carbonyl (C=O) groups is 1. The van der Waals surface area contributed by atoms with Crippen molar-refractivity contribution in [3.05, 3.63) is 103 Å². The monoisotopic (exact) mass is 396 g/mol. The maximum atomic E-state index is 12.1. The summed E-state index contributed by atoms with van der Waals surface area (Å²) in [5, 5.41) is 8.27.